The highest BCUT2D eigenvalue weighted by atomic mass is 16.5. The number of carbonyl (C=O) groups is 1. The van der Waals surface area contributed by atoms with Crippen molar-refractivity contribution in [3.63, 3.8) is 0 Å². The Kier molecular flexibility index (Phi) is 5.41. The van der Waals surface area contributed by atoms with Crippen LogP contribution in [0.15, 0.2) is 18.2 Å². The average Bonchev–Trinajstić information content (AvgIpc) is 2.47. The highest BCUT2D eigenvalue weighted by molar-refractivity contribution is 5.76. The van der Waals surface area contributed by atoms with Gasteiger partial charge in [0.25, 0.3) is 0 Å². The molecule has 3 N–H and O–H groups in total. The molecule has 0 aliphatic carbocycles. The van der Waals surface area contributed by atoms with Gasteiger partial charge in [0.2, 0.25) is 5.91 Å². The van der Waals surface area contributed by atoms with E-state index in [0.717, 1.165) is 5.56 Å². The van der Waals surface area contributed by atoms with Crippen LogP contribution in [0.5, 0.6) is 11.5 Å². The van der Waals surface area contributed by atoms with Gasteiger partial charge in [-0.1, -0.05) is 0 Å². The molecule has 1 saturated heterocycles. The second kappa shape index (κ2) is 7.28. The Morgan fingerprint density at radius 3 is 2.52 bits per heavy atom. The maximum absolute atomic E-state index is 12.0. The van der Waals surface area contributed by atoms with Crippen LogP contribution in [-0.4, -0.2) is 53.9 Å². The molecule has 1 aromatic carbocycles. The number of nitrogens with one attached hydrogen (secondary N) is 1. The summed E-state index contributed by atoms with van der Waals surface area (Å²) >= 11 is 0. The summed E-state index contributed by atoms with van der Waals surface area (Å²) in [7, 11) is 0. The lowest BCUT2D eigenvalue weighted by Crippen LogP contribution is -2.41. The van der Waals surface area contributed by atoms with Crippen LogP contribution < -0.4 is 5.32 Å². The van der Waals surface area contributed by atoms with Crippen molar-refractivity contribution >= 4 is 5.91 Å². The number of nitrogens with zero attached hydrogens (tertiary/aromatic N) is 1. The van der Waals surface area contributed by atoms with Crippen molar-refractivity contribution < 1.29 is 19.7 Å². The van der Waals surface area contributed by atoms with Crippen LogP contribution in [0.4, 0.5) is 0 Å². The first kappa shape index (κ1) is 15.6. The molecule has 1 fully saturated rings. The van der Waals surface area contributed by atoms with Gasteiger partial charge in [0, 0.05) is 38.2 Å². The lowest BCUT2D eigenvalue weighted by Gasteiger charge is -2.27. The van der Waals surface area contributed by atoms with Crippen LogP contribution in [0.2, 0.25) is 0 Å². The van der Waals surface area contributed by atoms with E-state index in [1.54, 1.807) is 12.1 Å². The fourth-order valence-corrected chi connectivity index (χ4v) is 2.35. The van der Waals surface area contributed by atoms with Gasteiger partial charge in [-0.3, -0.25) is 4.79 Å². The van der Waals surface area contributed by atoms with E-state index in [2.05, 4.69) is 5.32 Å². The number of hydrogen-bond donors (Lipinski definition) is 3. The molecule has 6 nitrogen and oxygen atoms in total. The van der Waals surface area contributed by atoms with E-state index in [4.69, 9.17) is 4.74 Å². The zero-order chi connectivity index (χ0) is 15.2. The van der Waals surface area contributed by atoms with Crippen molar-refractivity contribution in [3.8, 4) is 11.5 Å². The summed E-state index contributed by atoms with van der Waals surface area (Å²) in [5, 5.41) is 22.2. The molecule has 0 saturated carbocycles. The van der Waals surface area contributed by atoms with E-state index in [9.17, 15) is 15.0 Å². The summed E-state index contributed by atoms with van der Waals surface area (Å²) < 4.78 is 5.22. The lowest BCUT2D eigenvalue weighted by atomic mass is 10.1. The smallest absolute Gasteiger partial charge is 0.224 e. The molecule has 1 atom stereocenters. The van der Waals surface area contributed by atoms with Gasteiger partial charge in [0.05, 0.1) is 13.2 Å². The summed E-state index contributed by atoms with van der Waals surface area (Å²) in [6.07, 6.45) is 0.426. The summed E-state index contributed by atoms with van der Waals surface area (Å²) in [6, 6.07) is 4.43. The van der Waals surface area contributed by atoms with E-state index in [0.29, 0.717) is 39.3 Å². The van der Waals surface area contributed by atoms with E-state index in [-0.39, 0.29) is 23.4 Å². The maximum atomic E-state index is 12.0. The number of phenolic OH excluding ortho intramolecular Hbond substituents is 2. The Bertz CT molecular complexity index is 466. The number of rotatable bonds is 5. The highest BCUT2D eigenvalue weighted by Gasteiger charge is 2.16. The predicted octanol–water partition coefficient (Wildman–Crippen LogP) is 0.997. The molecule has 1 amide bonds. The normalized spacial score (nSPS) is 16.7. The van der Waals surface area contributed by atoms with Crippen molar-refractivity contribution in [1.29, 1.82) is 0 Å². The molecule has 1 heterocycles. The Balaban J connectivity index is 1.78. The number of benzene rings is 1. The van der Waals surface area contributed by atoms with Crippen LogP contribution in [0.1, 0.15) is 24.9 Å². The monoisotopic (exact) mass is 294 g/mol. The third kappa shape index (κ3) is 4.61. The SMILES string of the molecule is CC(NCCC(=O)N1CCOCC1)c1cc(O)cc(O)c1. The van der Waals surface area contributed by atoms with Gasteiger partial charge in [-0.2, -0.15) is 0 Å². The van der Waals surface area contributed by atoms with Crippen molar-refractivity contribution in [3.05, 3.63) is 23.8 Å². The molecular formula is C15H22N2O4. The summed E-state index contributed by atoms with van der Waals surface area (Å²) in [6.45, 7) is 5.01. The number of hydrogen-bond acceptors (Lipinski definition) is 5. The number of carbonyl (C=O) groups excluding carboxylic acids is 1. The van der Waals surface area contributed by atoms with Gasteiger partial charge in [-0.15, -0.1) is 0 Å². The third-order valence-electron chi connectivity index (χ3n) is 3.58. The number of phenols is 2. The molecule has 116 valence electrons. The first-order chi connectivity index (χ1) is 10.1. The molecule has 1 unspecified atom stereocenters. The first-order valence-corrected chi connectivity index (χ1v) is 7.18. The predicted molar refractivity (Wildman–Crippen MR) is 78.2 cm³/mol. The Morgan fingerprint density at radius 2 is 1.90 bits per heavy atom. The van der Waals surface area contributed by atoms with Gasteiger partial charge in [-0.05, 0) is 24.6 Å². The van der Waals surface area contributed by atoms with Gasteiger partial charge >= 0.3 is 0 Å². The first-order valence-electron chi connectivity index (χ1n) is 7.18. The number of morpholine rings is 1. The zero-order valence-corrected chi connectivity index (χ0v) is 12.2. The largest absolute Gasteiger partial charge is 0.508 e. The van der Waals surface area contributed by atoms with Crippen LogP contribution in [-0.2, 0) is 9.53 Å². The molecule has 0 bridgehead atoms. The standard InChI is InChI=1S/C15H22N2O4/c1-11(12-8-13(18)10-14(19)9-12)16-3-2-15(20)17-4-6-21-7-5-17/h8-11,16,18-19H,2-7H2,1H3. The van der Waals surface area contributed by atoms with Crippen LogP contribution in [0, 0.1) is 0 Å². The van der Waals surface area contributed by atoms with Gasteiger partial charge < -0.3 is 25.2 Å². The third-order valence-corrected chi connectivity index (χ3v) is 3.58. The number of amides is 1. The Labute approximate surface area is 124 Å². The minimum absolute atomic E-state index is 0.0306. The Morgan fingerprint density at radius 1 is 1.29 bits per heavy atom. The molecule has 2 rings (SSSR count). The fraction of sp³-hybridized carbons (Fsp3) is 0.533. The minimum Gasteiger partial charge on any atom is -0.508 e. The number of aromatic hydroxyl groups is 2. The van der Waals surface area contributed by atoms with Crippen molar-refractivity contribution in [2.45, 2.75) is 19.4 Å². The topological polar surface area (TPSA) is 82.0 Å². The molecule has 21 heavy (non-hydrogen) atoms. The Hall–Kier alpha value is -1.79. The van der Waals surface area contributed by atoms with Crippen LogP contribution in [0.25, 0.3) is 0 Å². The summed E-state index contributed by atoms with van der Waals surface area (Å²) in [4.78, 5) is 13.8. The quantitative estimate of drug-likeness (QED) is 0.754. The number of ether oxygens (including phenoxy) is 1. The minimum atomic E-state index is -0.0551. The molecule has 0 aromatic heterocycles. The maximum Gasteiger partial charge on any atom is 0.224 e. The second-order valence-corrected chi connectivity index (χ2v) is 5.20. The van der Waals surface area contributed by atoms with Crippen LogP contribution in [0.3, 0.4) is 0 Å². The van der Waals surface area contributed by atoms with Gasteiger partial charge in [-0.25, -0.2) is 0 Å². The van der Waals surface area contributed by atoms with E-state index < -0.39 is 0 Å². The zero-order valence-electron chi connectivity index (χ0n) is 12.2. The van der Waals surface area contributed by atoms with Gasteiger partial charge in [0.1, 0.15) is 11.5 Å². The van der Waals surface area contributed by atoms with Crippen molar-refractivity contribution in [2.24, 2.45) is 0 Å². The summed E-state index contributed by atoms with van der Waals surface area (Å²) in [5.74, 6) is 0.183. The highest BCUT2D eigenvalue weighted by Crippen LogP contribution is 2.24. The van der Waals surface area contributed by atoms with Crippen molar-refractivity contribution in [1.82, 2.24) is 10.2 Å². The molecule has 1 aliphatic rings. The molecule has 0 spiro atoms. The van der Waals surface area contributed by atoms with E-state index in [1.807, 2.05) is 11.8 Å². The van der Waals surface area contributed by atoms with Crippen molar-refractivity contribution in [2.75, 3.05) is 32.8 Å². The lowest BCUT2D eigenvalue weighted by molar-refractivity contribution is -0.135. The van der Waals surface area contributed by atoms with E-state index >= 15 is 0 Å². The second-order valence-electron chi connectivity index (χ2n) is 5.20. The fourth-order valence-electron chi connectivity index (χ4n) is 2.35. The molecule has 1 aromatic rings. The summed E-state index contributed by atoms with van der Waals surface area (Å²) in [5.41, 5.74) is 0.784. The molecule has 1 aliphatic heterocycles. The average molecular weight is 294 g/mol. The van der Waals surface area contributed by atoms with E-state index in [1.165, 1.54) is 6.07 Å². The van der Waals surface area contributed by atoms with Crippen LogP contribution >= 0.6 is 0 Å². The van der Waals surface area contributed by atoms with Gasteiger partial charge in [0.15, 0.2) is 0 Å². The molecule has 0 radical (unpaired) electrons. The molecule has 6 heteroatoms. The molecular weight excluding hydrogens is 272 g/mol.